The summed E-state index contributed by atoms with van der Waals surface area (Å²) in [4.78, 5) is 16.8. The summed E-state index contributed by atoms with van der Waals surface area (Å²) < 4.78 is 13.5. The number of aromatic nitrogens is 2. The van der Waals surface area contributed by atoms with Crippen molar-refractivity contribution < 1.29 is 14.3 Å². The Labute approximate surface area is 163 Å². The molecule has 1 aliphatic heterocycles. The Morgan fingerprint density at radius 3 is 2.64 bits per heavy atom. The molecule has 0 saturated carbocycles. The average molecular weight is 377 g/mol. The molecule has 4 rings (SSSR count). The molecule has 28 heavy (non-hydrogen) atoms. The quantitative estimate of drug-likeness (QED) is 0.740. The number of hydrogen-bond acceptors (Lipinski definition) is 4. The fraction of sp³-hybridized carbons (Fsp3) is 0.273. The number of rotatable bonds is 5. The molecule has 3 heterocycles. The molecule has 0 radical (unpaired) electrons. The molecule has 3 aromatic rings. The summed E-state index contributed by atoms with van der Waals surface area (Å²) in [5, 5.41) is 0. The van der Waals surface area contributed by atoms with E-state index < -0.39 is 5.91 Å². The molecule has 0 unspecified atom stereocenters. The molecule has 1 amide bonds. The lowest BCUT2D eigenvalue weighted by molar-refractivity contribution is 0.1000. The van der Waals surface area contributed by atoms with E-state index in [-0.39, 0.29) is 0 Å². The van der Waals surface area contributed by atoms with Crippen molar-refractivity contribution in [2.45, 2.75) is 26.8 Å². The van der Waals surface area contributed by atoms with E-state index in [2.05, 4.69) is 16.5 Å². The maximum atomic E-state index is 12.4. The molecule has 6 nitrogen and oxygen atoms in total. The highest BCUT2D eigenvalue weighted by Gasteiger charge is 2.25. The fourth-order valence-electron chi connectivity index (χ4n) is 3.84. The second kappa shape index (κ2) is 7.38. The Kier molecular flexibility index (Phi) is 4.77. The lowest BCUT2D eigenvalue weighted by Crippen LogP contribution is -2.15. The van der Waals surface area contributed by atoms with Gasteiger partial charge in [0.15, 0.2) is 11.5 Å². The van der Waals surface area contributed by atoms with Crippen molar-refractivity contribution in [2.75, 3.05) is 13.2 Å². The third-order valence-corrected chi connectivity index (χ3v) is 5.09. The predicted molar refractivity (Wildman–Crippen MR) is 107 cm³/mol. The van der Waals surface area contributed by atoms with Crippen LogP contribution >= 0.6 is 0 Å². The third-order valence-electron chi connectivity index (χ3n) is 5.09. The van der Waals surface area contributed by atoms with Crippen LogP contribution in [0.15, 0.2) is 42.6 Å². The summed E-state index contributed by atoms with van der Waals surface area (Å²) in [6.07, 6.45) is 2.53. The van der Waals surface area contributed by atoms with E-state index in [1.807, 2.05) is 43.3 Å². The fourth-order valence-corrected chi connectivity index (χ4v) is 3.84. The van der Waals surface area contributed by atoms with Gasteiger partial charge in [0.05, 0.1) is 17.8 Å². The third kappa shape index (κ3) is 3.11. The maximum Gasteiger partial charge on any atom is 0.251 e. The van der Waals surface area contributed by atoms with Crippen molar-refractivity contribution in [1.82, 2.24) is 9.55 Å². The van der Waals surface area contributed by atoms with Crippen molar-refractivity contribution in [1.29, 1.82) is 0 Å². The van der Waals surface area contributed by atoms with Gasteiger partial charge in [-0.05, 0) is 43.2 Å². The Morgan fingerprint density at radius 2 is 1.96 bits per heavy atom. The molecule has 1 aliphatic rings. The first-order chi connectivity index (χ1) is 13.6. The summed E-state index contributed by atoms with van der Waals surface area (Å²) in [7, 11) is 0. The number of nitrogens with zero attached hydrogens (tertiary/aromatic N) is 2. The highest BCUT2D eigenvalue weighted by atomic mass is 16.6. The van der Waals surface area contributed by atoms with Crippen LogP contribution in [0.25, 0.3) is 11.1 Å². The van der Waals surface area contributed by atoms with Gasteiger partial charge in [0.25, 0.3) is 5.91 Å². The predicted octanol–water partition coefficient (Wildman–Crippen LogP) is 3.34. The number of nitrogens with two attached hydrogens (primary N) is 1. The van der Waals surface area contributed by atoms with Gasteiger partial charge in [-0.15, -0.1) is 0 Å². The van der Waals surface area contributed by atoms with Crippen LogP contribution in [-0.2, 0) is 13.0 Å². The second-order valence-electron chi connectivity index (χ2n) is 6.77. The van der Waals surface area contributed by atoms with E-state index in [9.17, 15) is 4.79 Å². The van der Waals surface area contributed by atoms with Crippen LogP contribution in [0.3, 0.4) is 0 Å². The van der Waals surface area contributed by atoms with E-state index in [0.29, 0.717) is 31.1 Å². The van der Waals surface area contributed by atoms with Crippen molar-refractivity contribution in [3.63, 3.8) is 0 Å². The minimum Gasteiger partial charge on any atom is -0.486 e. The van der Waals surface area contributed by atoms with Gasteiger partial charge in [-0.1, -0.05) is 19.1 Å². The number of benzene rings is 1. The van der Waals surface area contributed by atoms with Crippen LogP contribution in [-0.4, -0.2) is 28.7 Å². The molecule has 1 aromatic carbocycles. The first-order valence-electron chi connectivity index (χ1n) is 9.41. The molecule has 2 N–H and O–H groups in total. The van der Waals surface area contributed by atoms with Crippen LogP contribution in [0.5, 0.6) is 11.5 Å². The van der Waals surface area contributed by atoms with Crippen molar-refractivity contribution >= 4 is 5.91 Å². The Hall–Kier alpha value is -3.28. The normalized spacial score (nSPS) is 12.8. The first-order valence-corrected chi connectivity index (χ1v) is 9.41. The van der Waals surface area contributed by atoms with Crippen LogP contribution < -0.4 is 15.2 Å². The van der Waals surface area contributed by atoms with Crippen LogP contribution in [0.2, 0.25) is 0 Å². The smallest absolute Gasteiger partial charge is 0.251 e. The highest BCUT2D eigenvalue weighted by Crippen LogP contribution is 2.39. The second-order valence-corrected chi connectivity index (χ2v) is 6.77. The van der Waals surface area contributed by atoms with Crippen molar-refractivity contribution in [3.8, 4) is 22.6 Å². The molecular weight excluding hydrogens is 354 g/mol. The Balaban J connectivity index is 1.89. The zero-order chi connectivity index (χ0) is 19.7. The standard InChI is InChI=1S/C22H23N3O3/c1-3-17-21(15-7-8-18-19(12-15)28-11-10-27-18)20(22(23)26)14(2)25(17)13-16-6-4-5-9-24-16/h4-9,12H,3,10-11,13H2,1-2H3,(H2,23,26). The van der Waals surface area contributed by atoms with Gasteiger partial charge in [-0.2, -0.15) is 0 Å². The van der Waals surface area contributed by atoms with Crippen LogP contribution in [0.4, 0.5) is 0 Å². The van der Waals surface area contributed by atoms with Gasteiger partial charge in [0.1, 0.15) is 13.2 Å². The summed E-state index contributed by atoms with van der Waals surface area (Å²) in [6, 6.07) is 11.6. The molecule has 2 aromatic heterocycles. The van der Waals surface area contributed by atoms with Gasteiger partial charge >= 0.3 is 0 Å². The molecule has 144 valence electrons. The lowest BCUT2D eigenvalue weighted by atomic mass is 9.98. The number of fused-ring (bicyclic) bond motifs is 1. The zero-order valence-corrected chi connectivity index (χ0v) is 16.1. The largest absolute Gasteiger partial charge is 0.486 e. The number of amides is 1. The van der Waals surface area contributed by atoms with E-state index in [1.165, 1.54) is 0 Å². The maximum absolute atomic E-state index is 12.4. The van der Waals surface area contributed by atoms with E-state index in [1.54, 1.807) is 6.20 Å². The van der Waals surface area contributed by atoms with E-state index in [4.69, 9.17) is 15.2 Å². The average Bonchev–Trinajstić information content (AvgIpc) is 3.00. The first kappa shape index (κ1) is 18.1. The highest BCUT2D eigenvalue weighted by molar-refractivity contribution is 6.02. The van der Waals surface area contributed by atoms with Gasteiger partial charge in [-0.3, -0.25) is 9.78 Å². The number of carbonyl (C=O) groups is 1. The Bertz CT molecular complexity index is 1030. The van der Waals surface area contributed by atoms with Gasteiger partial charge in [0.2, 0.25) is 0 Å². The summed E-state index contributed by atoms with van der Waals surface area (Å²) in [6.45, 7) is 5.65. The monoisotopic (exact) mass is 377 g/mol. The number of carbonyl (C=O) groups excluding carboxylic acids is 1. The number of pyridine rings is 1. The molecule has 0 saturated heterocycles. The molecular formula is C22H23N3O3. The SMILES string of the molecule is CCc1c(-c2ccc3c(c2)OCCO3)c(C(N)=O)c(C)n1Cc1ccccn1. The minimum atomic E-state index is -0.433. The van der Waals surface area contributed by atoms with Crippen LogP contribution in [0, 0.1) is 6.92 Å². The van der Waals surface area contributed by atoms with Crippen molar-refractivity contribution in [2.24, 2.45) is 5.73 Å². The topological polar surface area (TPSA) is 79.4 Å². The van der Waals surface area contributed by atoms with Gasteiger partial charge < -0.3 is 19.8 Å². The Morgan fingerprint density at radius 1 is 1.18 bits per heavy atom. The molecule has 0 fully saturated rings. The number of hydrogen-bond donors (Lipinski definition) is 1. The zero-order valence-electron chi connectivity index (χ0n) is 16.1. The van der Waals surface area contributed by atoms with E-state index in [0.717, 1.165) is 40.4 Å². The summed E-state index contributed by atoms with van der Waals surface area (Å²) in [5.41, 5.74) is 10.9. The van der Waals surface area contributed by atoms with Gasteiger partial charge in [-0.25, -0.2) is 0 Å². The van der Waals surface area contributed by atoms with Crippen LogP contribution in [0.1, 0.15) is 34.4 Å². The molecule has 0 bridgehead atoms. The molecule has 0 aliphatic carbocycles. The molecule has 0 atom stereocenters. The number of ether oxygens (including phenoxy) is 2. The van der Waals surface area contributed by atoms with E-state index >= 15 is 0 Å². The van der Waals surface area contributed by atoms with Gasteiger partial charge in [0, 0.05) is 23.1 Å². The number of primary amides is 1. The molecule has 0 spiro atoms. The van der Waals surface area contributed by atoms with Crippen molar-refractivity contribution in [3.05, 3.63) is 65.2 Å². The summed E-state index contributed by atoms with van der Waals surface area (Å²) >= 11 is 0. The molecule has 6 heteroatoms. The summed E-state index contributed by atoms with van der Waals surface area (Å²) in [5.74, 6) is 0.978. The lowest BCUT2D eigenvalue weighted by Gasteiger charge is -2.19. The minimum absolute atomic E-state index is 0.433.